The molecule has 0 N–H and O–H groups in total. The van der Waals surface area contributed by atoms with Crippen molar-refractivity contribution in [1.29, 1.82) is 0 Å². The van der Waals surface area contributed by atoms with Crippen LogP contribution in [-0.2, 0) is 0 Å². The number of benzene rings is 2. The van der Waals surface area contributed by atoms with Gasteiger partial charge in [0.05, 0.1) is 0 Å². The molecule has 23 heavy (non-hydrogen) atoms. The molecule has 0 aromatic heterocycles. The fraction of sp³-hybridized carbons (Fsp3) is 0.391. The van der Waals surface area contributed by atoms with E-state index in [4.69, 9.17) is 0 Å². The maximum absolute atomic E-state index is 2.33. The molecule has 0 heteroatoms. The first kappa shape index (κ1) is 17.5. The summed E-state index contributed by atoms with van der Waals surface area (Å²) in [5.74, 6) is 0. The maximum atomic E-state index is 2.33. The van der Waals surface area contributed by atoms with Crippen molar-refractivity contribution in [3.8, 4) is 0 Å². The van der Waals surface area contributed by atoms with E-state index in [-0.39, 0.29) is 0 Å². The second-order valence-electron chi connectivity index (χ2n) is 6.97. The third kappa shape index (κ3) is 2.87. The fourth-order valence-corrected chi connectivity index (χ4v) is 3.81. The molecule has 122 valence electrons. The van der Waals surface area contributed by atoms with Crippen LogP contribution in [0.15, 0.2) is 18.2 Å². The van der Waals surface area contributed by atoms with Gasteiger partial charge in [0, 0.05) is 0 Å². The minimum Gasteiger partial charge on any atom is -0.0791 e. The van der Waals surface area contributed by atoms with Gasteiger partial charge in [0.25, 0.3) is 0 Å². The average molecular weight is 306 g/mol. The summed E-state index contributed by atoms with van der Waals surface area (Å²) in [4.78, 5) is 0. The highest BCUT2D eigenvalue weighted by molar-refractivity contribution is 5.86. The van der Waals surface area contributed by atoms with E-state index in [1.165, 1.54) is 61.2 Å². The summed E-state index contributed by atoms with van der Waals surface area (Å²) in [6, 6.07) is 4.65. The Kier molecular flexibility index (Phi) is 4.84. The zero-order valence-corrected chi connectivity index (χ0v) is 16.2. The molecular weight excluding hydrogens is 276 g/mol. The Morgan fingerprint density at radius 3 is 1.22 bits per heavy atom. The van der Waals surface area contributed by atoms with Gasteiger partial charge in [-0.1, -0.05) is 18.2 Å². The number of hydrogen-bond donors (Lipinski definition) is 0. The predicted octanol–water partition coefficient (Wildman–Crippen LogP) is 6.61. The van der Waals surface area contributed by atoms with Crippen molar-refractivity contribution in [2.24, 2.45) is 0 Å². The number of allylic oxidation sites excluding steroid dienone is 1. The van der Waals surface area contributed by atoms with Crippen molar-refractivity contribution in [3.63, 3.8) is 0 Å². The van der Waals surface area contributed by atoms with Gasteiger partial charge in [-0.3, -0.25) is 0 Å². The van der Waals surface area contributed by atoms with Crippen LogP contribution in [0.5, 0.6) is 0 Å². The molecule has 0 spiro atoms. The lowest BCUT2D eigenvalue weighted by atomic mass is 9.82. The summed E-state index contributed by atoms with van der Waals surface area (Å²) in [6.45, 7) is 20.1. The smallest absolute Gasteiger partial charge is 0.0120 e. The van der Waals surface area contributed by atoms with Crippen LogP contribution in [0.25, 0.3) is 5.57 Å². The molecule has 0 aliphatic rings. The zero-order chi connectivity index (χ0) is 17.5. The SMILES string of the molecule is CC=C(c1c(C)cc(C)c(C)c1C)c1c(C)cc(C)c(C)c1C. The Morgan fingerprint density at radius 2 is 0.913 bits per heavy atom. The lowest BCUT2D eigenvalue weighted by Crippen LogP contribution is -2.04. The van der Waals surface area contributed by atoms with Crippen molar-refractivity contribution < 1.29 is 0 Å². The van der Waals surface area contributed by atoms with E-state index in [1.807, 2.05) is 0 Å². The first-order valence-corrected chi connectivity index (χ1v) is 8.52. The Balaban J connectivity index is 2.84. The third-order valence-electron chi connectivity index (χ3n) is 5.54. The molecule has 0 aliphatic heterocycles. The van der Waals surface area contributed by atoms with Crippen molar-refractivity contribution in [3.05, 3.63) is 73.8 Å². The van der Waals surface area contributed by atoms with E-state index in [2.05, 4.69) is 80.5 Å². The maximum Gasteiger partial charge on any atom is -0.0120 e. The molecule has 0 heterocycles. The topological polar surface area (TPSA) is 0 Å². The first-order chi connectivity index (χ1) is 10.7. The molecule has 0 saturated heterocycles. The van der Waals surface area contributed by atoms with Crippen LogP contribution < -0.4 is 0 Å². The normalized spacial score (nSPS) is 10.8. The third-order valence-corrected chi connectivity index (χ3v) is 5.54. The zero-order valence-electron chi connectivity index (χ0n) is 16.2. The summed E-state index contributed by atoms with van der Waals surface area (Å²) in [5, 5.41) is 0. The van der Waals surface area contributed by atoms with Gasteiger partial charge in [-0.15, -0.1) is 0 Å². The van der Waals surface area contributed by atoms with E-state index in [0.717, 1.165) is 0 Å². The molecule has 0 fully saturated rings. The second kappa shape index (κ2) is 6.35. The lowest BCUT2D eigenvalue weighted by molar-refractivity contribution is 1.18. The van der Waals surface area contributed by atoms with Gasteiger partial charge in [0.1, 0.15) is 0 Å². The van der Waals surface area contributed by atoms with Crippen LogP contribution in [-0.4, -0.2) is 0 Å². The van der Waals surface area contributed by atoms with Crippen molar-refractivity contribution >= 4 is 5.57 Å². The van der Waals surface area contributed by atoms with Crippen molar-refractivity contribution in [2.75, 3.05) is 0 Å². The lowest BCUT2D eigenvalue weighted by Gasteiger charge is -2.22. The standard InChI is InChI=1S/C23H30/c1-10-21(22-15(4)11-13(2)17(6)19(22)8)23-16(5)12-14(3)18(7)20(23)9/h10-12H,1-9H3. The molecule has 0 bridgehead atoms. The monoisotopic (exact) mass is 306 g/mol. The van der Waals surface area contributed by atoms with Crippen LogP contribution in [0.3, 0.4) is 0 Å². The summed E-state index contributed by atoms with van der Waals surface area (Å²) < 4.78 is 0. The molecular formula is C23H30. The number of aryl methyl sites for hydroxylation is 4. The average Bonchev–Trinajstić information content (AvgIpc) is 2.49. The molecule has 2 aromatic carbocycles. The molecule has 0 amide bonds. The van der Waals surface area contributed by atoms with Crippen LogP contribution >= 0.6 is 0 Å². The van der Waals surface area contributed by atoms with E-state index in [0.29, 0.717) is 0 Å². The van der Waals surface area contributed by atoms with Crippen LogP contribution in [0.2, 0.25) is 0 Å². The van der Waals surface area contributed by atoms with Crippen molar-refractivity contribution in [2.45, 2.75) is 62.3 Å². The van der Waals surface area contributed by atoms with Crippen LogP contribution in [0.1, 0.15) is 62.6 Å². The predicted molar refractivity (Wildman–Crippen MR) is 104 cm³/mol. The Bertz CT molecular complexity index is 736. The van der Waals surface area contributed by atoms with Gasteiger partial charge in [-0.2, -0.15) is 0 Å². The second-order valence-corrected chi connectivity index (χ2v) is 6.97. The quantitative estimate of drug-likeness (QED) is 0.586. The molecule has 0 unspecified atom stereocenters. The molecule has 2 rings (SSSR count). The molecule has 2 aromatic rings. The highest BCUT2D eigenvalue weighted by atomic mass is 14.2. The number of rotatable bonds is 2. The molecule has 0 nitrogen and oxygen atoms in total. The summed E-state index contributed by atoms with van der Waals surface area (Å²) in [5.41, 5.74) is 15.3. The van der Waals surface area contributed by atoms with Crippen LogP contribution in [0, 0.1) is 55.4 Å². The Hall–Kier alpha value is -1.82. The highest BCUT2D eigenvalue weighted by Crippen LogP contribution is 2.36. The summed E-state index contributed by atoms with van der Waals surface area (Å²) >= 11 is 0. The molecule has 0 aliphatic carbocycles. The fourth-order valence-electron chi connectivity index (χ4n) is 3.81. The van der Waals surface area contributed by atoms with Gasteiger partial charge in [-0.25, -0.2) is 0 Å². The summed E-state index contributed by atoms with van der Waals surface area (Å²) in [6.07, 6.45) is 2.29. The van der Waals surface area contributed by atoms with Gasteiger partial charge < -0.3 is 0 Å². The largest absolute Gasteiger partial charge is 0.0791 e. The van der Waals surface area contributed by atoms with Gasteiger partial charge in [0.15, 0.2) is 0 Å². The first-order valence-electron chi connectivity index (χ1n) is 8.52. The van der Waals surface area contributed by atoms with E-state index in [9.17, 15) is 0 Å². The minimum absolute atomic E-state index is 1.37. The Morgan fingerprint density at radius 1 is 0.565 bits per heavy atom. The molecule has 0 atom stereocenters. The molecule has 0 saturated carbocycles. The highest BCUT2D eigenvalue weighted by Gasteiger charge is 2.18. The minimum atomic E-state index is 1.37. The van der Waals surface area contributed by atoms with Crippen molar-refractivity contribution in [1.82, 2.24) is 0 Å². The van der Waals surface area contributed by atoms with E-state index < -0.39 is 0 Å². The van der Waals surface area contributed by atoms with Gasteiger partial charge in [-0.05, 0) is 124 Å². The van der Waals surface area contributed by atoms with Gasteiger partial charge in [0.2, 0.25) is 0 Å². The summed E-state index contributed by atoms with van der Waals surface area (Å²) in [7, 11) is 0. The van der Waals surface area contributed by atoms with E-state index >= 15 is 0 Å². The van der Waals surface area contributed by atoms with Crippen LogP contribution in [0.4, 0.5) is 0 Å². The van der Waals surface area contributed by atoms with E-state index in [1.54, 1.807) is 0 Å². The van der Waals surface area contributed by atoms with Gasteiger partial charge >= 0.3 is 0 Å². The Labute approximate surface area is 142 Å². The molecule has 0 radical (unpaired) electrons. The number of hydrogen-bond acceptors (Lipinski definition) is 0.